The fourth-order valence-electron chi connectivity index (χ4n) is 2.77. The zero-order valence-corrected chi connectivity index (χ0v) is 12.8. The summed E-state index contributed by atoms with van der Waals surface area (Å²) in [6.07, 6.45) is 0. The van der Waals surface area contributed by atoms with Crippen molar-refractivity contribution in [1.29, 1.82) is 0 Å². The molecule has 0 aliphatic carbocycles. The number of pyridine rings is 1. The Bertz CT molecular complexity index is 1030. The third-order valence-corrected chi connectivity index (χ3v) is 4.71. The molecule has 0 aliphatic rings. The lowest BCUT2D eigenvalue weighted by molar-refractivity contribution is 0.415. The predicted molar refractivity (Wildman–Crippen MR) is 91.5 cm³/mol. The molecule has 2 aromatic carbocycles. The van der Waals surface area contributed by atoms with Crippen LogP contribution in [0.2, 0.25) is 0 Å². The molecule has 0 amide bonds. The lowest BCUT2D eigenvalue weighted by atomic mass is 10.1. The van der Waals surface area contributed by atoms with Crippen molar-refractivity contribution in [3.05, 3.63) is 70.2 Å². The minimum Gasteiger partial charge on any atom is -0.497 e. The van der Waals surface area contributed by atoms with E-state index in [0.29, 0.717) is 0 Å². The molecular weight excluding hydrogens is 294 g/mol. The van der Waals surface area contributed by atoms with Crippen molar-refractivity contribution in [2.24, 2.45) is 0 Å². The molecule has 0 N–H and O–H groups in total. The van der Waals surface area contributed by atoms with Gasteiger partial charge in [0.1, 0.15) is 5.75 Å². The highest BCUT2D eigenvalue weighted by Crippen LogP contribution is 2.27. The van der Waals surface area contributed by atoms with Crippen molar-refractivity contribution in [2.75, 3.05) is 7.11 Å². The first-order chi connectivity index (χ1) is 10.8. The van der Waals surface area contributed by atoms with Crippen LogP contribution in [0.5, 0.6) is 5.75 Å². The molecule has 0 unspecified atom stereocenters. The number of ether oxygens (including phenoxy) is 1. The van der Waals surface area contributed by atoms with Crippen molar-refractivity contribution >= 4 is 32.5 Å². The first-order valence-electron chi connectivity index (χ1n) is 6.95. The molecule has 0 radical (unpaired) electrons. The monoisotopic (exact) mass is 307 g/mol. The number of thiophene rings is 1. The quantitative estimate of drug-likeness (QED) is 0.555. The van der Waals surface area contributed by atoms with E-state index in [1.165, 1.54) is 11.3 Å². The van der Waals surface area contributed by atoms with E-state index in [0.717, 1.165) is 32.6 Å². The van der Waals surface area contributed by atoms with Gasteiger partial charge in [-0.3, -0.25) is 4.79 Å². The number of rotatable bonds is 2. The Morgan fingerprint density at radius 2 is 1.73 bits per heavy atom. The van der Waals surface area contributed by atoms with Gasteiger partial charge in [-0.05, 0) is 47.8 Å². The topological polar surface area (TPSA) is 31.2 Å². The molecule has 2 heterocycles. The summed E-state index contributed by atoms with van der Waals surface area (Å²) in [5.74, 6) is 0.815. The standard InChI is InChI=1S/C18H13NO2S/c1-21-13-8-6-12(7-9-13)19-15-5-3-2-4-14(15)17(20)18-16(19)10-11-22-18/h2-11H,1H3. The molecule has 4 heteroatoms. The highest BCUT2D eigenvalue weighted by Gasteiger charge is 2.12. The van der Waals surface area contributed by atoms with Crippen LogP contribution in [0.4, 0.5) is 0 Å². The summed E-state index contributed by atoms with van der Waals surface area (Å²) < 4.78 is 8.14. The second-order valence-corrected chi connectivity index (χ2v) is 5.93. The third kappa shape index (κ3) is 1.84. The van der Waals surface area contributed by atoms with Crippen LogP contribution in [0.25, 0.3) is 26.8 Å². The molecule has 0 saturated heterocycles. The maximum absolute atomic E-state index is 12.6. The number of hydrogen-bond donors (Lipinski definition) is 0. The number of hydrogen-bond acceptors (Lipinski definition) is 3. The van der Waals surface area contributed by atoms with E-state index in [4.69, 9.17) is 4.74 Å². The van der Waals surface area contributed by atoms with Crippen molar-refractivity contribution < 1.29 is 4.74 Å². The minimum absolute atomic E-state index is 0.102. The highest BCUT2D eigenvalue weighted by molar-refractivity contribution is 7.17. The van der Waals surface area contributed by atoms with E-state index >= 15 is 0 Å². The Morgan fingerprint density at radius 3 is 2.50 bits per heavy atom. The summed E-state index contributed by atoms with van der Waals surface area (Å²) in [6, 6.07) is 17.6. The van der Waals surface area contributed by atoms with Crippen molar-refractivity contribution in [3.8, 4) is 11.4 Å². The van der Waals surface area contributed by atoms with E-state index in [2.05, 4.69) is 4.57 Å². The predicted octanol–water partition coefficient (Wildman–Crippen LogP) is 4.21. The van der Waals surface area contributed by atoms with E-state index in [1.807, 2.05) is 60.0 Å². The van der Waals surface area contributed by atoms with Gasteiger partial charge in [-0.2, -0.15) is 0 Å². The maximum Gasteiger partial charge on any atom is 0.207 e. The van der Waals surface area contributed by atoms with E-state index in [1.54, 1.807) is 7.11 Å². The third-order valence-electron chi connectivity index (χ3n) is 3.81. The summed E-state index contributed by atoms with van der Waals surface area (Å²) in [4.78, 5) is 12.6. The molecule has 2 aromatic heterocycles. The van der Waals surface area contributed by atoms with Gasteiger partial charge in [0.05, 0.1) is 22.8 Å². The summed E-state index contributed by atoms with van der Waals surface area (Å²) in [7, 11) is 1.65. The van der Waals surface area contributed by atoms with Crippen LogP contribution in [0.15, 0.2) is 64.8 Å². The van der Waals surface area contributed by atoms with Gasteiger partial charge in [-0.1, -0.05) is 12.1 Å². The van der Waals surface area contributed by atoms with Gasteiger partial charge < -0.3 is 9.30 Å². The van der Waals surface area contributed by atoms with Crippen LogP contribution in [0.3, 0.4) is 0 Å². The van der Waals surface area contributed by atoms with Gasteiger partial charge in [0.25, 0.3) is 0 Å². The Morgan fingerprint density at radius 1 is 0.955 bits per heavy atom. The molecule has 0 aliphatic heterocycles. The van der Waals surface area contributed by atoms with Crippen LogP contribution < -0.4 is 10.2 Å². The van der Waals surface area contributed by atoms with Gasteiger partial charge in [-0.25, -0.2) is 0 Å². The fraction of sp³-hybridized carbons (Fsp3) is 0.0556. The number of nitrogens with zero attached hydrogens (tertiary/aromatic N) is 1. The summed E-state index contributed by atoms with van der Waals surface area (Å²) in [5.41, 5.74) is 2.98. The van der Waals surface area contributed by atoms with E-state index in [-0.39, 0.29) is 5.43 Å². The van der Waals surface area contributed by atoms with Crippen LogP contribution in [0, 0.1) is 0 Å². The van der Waals surface area contributed by atoms with Crippen LogP contribution in [-0.4, -0.2) is 11.7 Å². The number of fused-ring (bicyclic) bond motifs is 2. The van der Waals surface area contributed by atoms with Crippen molar-refractivity contribution in [1.82, 2.24) is 4.57 Å². The SMILES string of the molecule is COc1ccc(-n2c3ccccc3c(=O)c3sccc32)cc1. The zero-order valence-electron chi connectivity index (χ0n) is 11.9. The molecule has 0 saturated carbocycles. The number of aromatic nitrogens is 1. The summed E-state index contributed by atoms with van der Waals surface area (Å²) in [6.45, 7) is 0. The van der Waals surface area contributed by atoms with Gasteiger partial charge in [0.2, 0.25) is 5.43 Å². The number of benzene rings is 2. The van der Waals surface area contributed by atoms with Crippen LogP contribution >= 0.6 is 11.3 Å². The van der Waals surface area contributed by atoms with Gasteiger partial charge in [-0.15, -0.1) is 11.3 Å². The van der Waals surface area contributed by atoms with Crippen LogP contribution in [-0.2, 0) is 0 Å². The molecule has 0 fully saturated rings. The van der Waals surface area contributed by atoms with Crippen molar-refractivity contribution in [3.63, 3.8) is 0 Å². The molecular formula is C18H13NO2S. The smallest absolute Gasteiger partial charge is 0.207 e. The first kappa shape index (κ1) is 13.1. The average molecular weight is 307 g/mol. The second kappa shape index (κ2) is 5.00. The van der Waals surface area contributed by atoms with E-state index in [9.17, 15) is 4.79 Å². The fourth-order valence-corrected chi connectivity index (χ4v) is 3.60. The summed E-state index contributed by atoms with van der Waals surface area (Å²) in [5, 5.41) is 2.71. The summed E-state index contributed by atoms with van der Waals surface area (Å²) >= 11 is 1.49. The highest BCUT2D eigenvalue weighted by atomic mass is 32.1. The number of para-hydroxylation sites is 1. The Hall–Kier alpha value is -2.59. The molecule has 108 valence electrons. The Kier molecular flexibility index (Phi) is 2.98. The molecule has 4 rings (SSSR count). The van der Waals surface area contributed by atoms with Crippen LogP contribution in [0.1, 0.15) is 0 Å². The Labute approximate surface area is 131 Å². The van der Waals surface area contributed by atoms with Crippen molar-refractivity contribution in [2.45, 2.75) is 0 Å². The molecule has 3 nitrogen and oxygen atoms in total. The molecule has 0 bridgehead atoms. The molecule has 0 atom stereocenters. The normalized spacial score (nSPS) is 11.1. The van der Waals surface area contributed by atoms with Gasteiger partial charge >= 0.3 is 0 Å². The molecule has 0 spiro atoms. The minimum atomic E-state index is 0.102. The Balaban J connectivity index is 2.15. The second-order valence-electron chi connectivity index (χ2n) is 5.01. The lowest BCUT2D eigenvalue weighted by Gasteiger charge is -2.13. The van der Waals surface area contributed by atoms with E-state index < -0.39 is 0 Å². The number of methoxy groups -OCH3 is 1. The first-order valence-corrected chi connectivity index (χ1v) is 7.83. The van der Waals surface area contributed by atoms with Gasteiger partial charge in [0.15, 0.2) is 0 Å². The molecule has 22 heavy (non-hydrogen) atoms. The van der Waals surface area contributed by atoms with Gasteiger partial charge in [0, 0.05) is 11.1 Å². The molecule has 4 aromatic rings. The lowest BCUT2D eigenvalue weighted by Crippen LogP contribution is -2.08. The zero-order chi connectivity index (χ0) is 15.1. The average Bonchev–Trinajstić information content (AvgIpc) is 3.05. The largest absolute Gasteiger partial charge is 0.497 e. The maximum atomic E-state index is 12.6.